The lowest BCUT2D eigenvalue weighted by atomic mass is 10.1. The number of nitrogens with one attached hydrogen (secondary N) is 1. The smallest absolute Gasteiger partial charge is 0.271 e. The first-order valence-corrected chi connectivity index (χ1v) is 10.6. The summed E-state index contributed by atoms with van der Waals surface area (Å²) in [6, 6.07) is 12.7. The highest BCUT2D eigenvalue weighted by Gasteiger charge is 2.33. The Balaban J connectivity index is 1.49. The highest BCUT2D eigenvalue weighted by Crippen LogP contribution is 2.41. The maximum atomic E-state index is 12.9. The largest absolute Gasteiger partial charge is 0.349 e. The Morgan fingerprint density at radius 2 is 1.86 bits per heavy atom. The maximum absolute atomic E-state index is 12.9. The van der Waals surface area contributed by atoms with Gasteiger partial charge in [-0.15, -0.1) is 0 Å². The fraction of sp³-hybridized carbons (Fsp3) is 0.565. The Kier molecular flexibility index (Phi) is 5.28. The molecule has 1 unspecified atom stereocenters. The number of hydrogen-bond acceptors (Lipinski definition) is 3. The van der Waals surface area contributed by atoms with Crippen LogP contribution in [0.1, 0.15) is 80.2 Å². The van der Waals surface area contributed by atoms with E-state index in [1.54, 1.807) is 0 Å². The molecule has 1 saturated heterocycles. The SMILES string of the molecule is CC(C)(C)n1nc(C(=O)NCC(c2ccccc2)N2CCCC2)cc1C1CC1. The predicted octanol–water partition coefficient (Wildman–Crippen LogP) is 4.08. The molecule has 1 aliphatic carbocycles. The van der Waals surface area contributed by atoms with Crippen molar-refractivity contribution in [2.45, 2.75) is 64.0 Å². The summed E-state index contributed by atoms with van der Waals surface area (Å²) in [5.74, 6) is 0.500. The molecule has 4 rings (SSSR count). The average molecular weight is 381 g/mol. The second-order valence-electron chi connectivity index (χ2n) is 9.19. The molecule has 1 amide bonds. The number of hydrogen-bond donors (Lipinski definition) is 1. The summed E-state index contributed by atoms with van der Waals surface area (Å²) in [4.78, 5) is 15.4. The zero-order valence-electron chi connectivity index (χ0n) is 17.3. The molecule has 2 heterocycles. The van der Waals surface area contributed by atoms with Crippen molar-refractivity contribution in [3.63, 3.8) is 0 Å². The van der Waals surface area contributed by atoms with Crippen molar-refractivity contribution in [3.8, 4) is 0 Å². The standard InChI is InChI=1S/C23H32N4O/c1-23(2,3)27-20(18-11-12-18)15-19(25-27)22(28)24-16-21(26-13-7-8-14-26)17-9-5-4-6-10-17/h4-6,9-10,15,18,21H,7-8,11-14,16H2,1-3H3,(H,24,28). The normalized spacial score (nSPS) is 19.0. The van der Waals surface area contributed by atoms with E-state index >= 15 is 0 Å². The van der Waals surface area contributed by atoms with E-state index in [1.807, 2.05) is 12.1 Å². The fourth-order valence-electron chi connectivity index (χ4n) is 4.18. The van der Waals surface area contributed by atoms with Crippen molar-refractivity contribution in [1.82, 2.24) is 20.0 Å². The molecule has 2 fully saturated rings. The van der Waals surface area contributed by atoms with Crippen LogP contribution in [0.3, 0.4) is 0 Å². The van der Waals surface area contributed by atoms with Gasteiger partial charge in [-0.3, -0.25) is 14.4 Å². The molecule has 0 bridgehead atoms. The Hall–Kier alpha value is -2.14. The van der Waals surface area contributed by atoms with E-state index in [0.29, 0.717) is 18.2 Å². The molecule has 5 heteroatoms. The quantitative estimate of drug-likeness (QED) is 0.821. The monoisotopic (exact) mass is 380 g/mol. The van der Waals surface area contributed by atoms with E-state index < -0.39 is 0 Å². The first-order chi connectivity index (χ1) is 13.4. The second-order valence-corrected chi connectivity index (χ2v) is 9.19. The molecule has 1 aromatic carbocycles. The summed E-state index contributed by atoms with van der Waals surface area (Å²) in [6.07, 6.45) is 4.87. The predicted molar refractivity (Wildman–Crippen MR) is 112 cm³/mol. The van der Waals surface area contributed by atoms with Crippen LogP contribution in [0, 0.1) is 0 Å². The molecular weight excluding hydrogens is 348 g/mol. The number of rotatable bonds is 6. The minimum atomic E-state index is -0.113. The summed E-state index contributed by atoms with van der Waals surface area (Å²) >= 11 is 0. The topological polar surface area (TPSA) is 50.2 Å². The van der Waals surface area contributed by atoms with Gasteiger partial charge in [0, 0.05) is 18.2 Å². The van der Waals surface area contributed by atoms with E-state index in [4.69, 9.17) is 0 Å². The molecule has 5 nitrogen and oxygen atoms in total. The van der Waals surface area contributed by atoms with Gasteiger partial charge in [-0.2, -0.15) is 5.10 Å². The van der Waals surface area contributed by atoms with Gasteiger partial charge >= 0.3 is 0 Å². The van der Waals surface area contributed by atoms with E-state index in [0.717, 1.165) is 13.1 Å². The van der Waals surface area contributed by atoms with Crippen LogP contribution in [-0.4, -0.2) is 40.2 Å². The second kappa shape index (κ2) is 7.70. The number of carbonyl (C=O) groups is 1. The number of benzene rings is 1. The van der Waals surface area contributed by atoms with Crippen molar-refractivity contribution >= 4 is 5.91 Å². The Morgan fingerprint density at radius 3 is 2.46 bits per heavy atom. The molecule has 1 aliphatic heterocycles. The molecule has 0 spiro atoms. The van der Waals surface area contributed by atoms with Gasteiger partial charge in [0.25, 0.3) is 5.91 Å². The minimum absolute atomic E-state index is 0.0648. The lowest BCUT2D eigenvalue weighted by Gasteiger charge is -2.28. The molecule has 28 heavy (non-hydrogen) atoms. The number of nitrogens with zero attached hydrogens (tertiary/aromatic N) is 3. The van der Waals surface area contributed by atoms with Gasteiger partial charge in [0.2, 0.25) is 0 Å². The van der Waals surface area contributed by atoms with Crippen LogP contribution in [0.5, 0.6) is 0 Å². The van der Waals surface area contributed by atoms with Crippen molar-refractivity contribution in [2.24, 2.45) is 0 Å². The van der Waals surface area contributed by atoms with E-state index in [2.05, 4.69) is 65.0 Å². The van der Waals surface area contributed by atoms with Crippen LogP contribution >= 0.6 is 0 Å². The number of likely N-dealkylation sites (tertiary alicyclic amines) is 1. The minimum Gasteiger partial charge on any atom is -0.349 e. The molecule has 1 saturated carbocycles. The third-order valence-corrected chi connectivity index (χ3v) is 5.82. The summed E-state index contributed by atoms with van der Waals surface area (Å²) in [5.41, 5.74) is 2.91. The van der Waals surface area contributed by atoms with Crippen molar-refractivity contribution in [3.05, 3.63) is 53.3 Å². The van der Waals surface area contributed by atoms with Gasteiger partial charge in [-0.05, 0) is 71.2 Å². The number of aromatic nitrogens is 2. The third kappa shape index (κ3) is 4.14. The molecule has 0 radical (unpaired) electrons. The Morgan fingerprint density at radius 1 is 1.18 bits per heavy atom. The third-order valence-electron chi connectivity index (χ3n) is 5.82. The van der Waals surface area contributed by atoms with Crippen molar-refractivity contribution in [2.75, 3.05) is 19.6 Å². The van der Waals surface area contributed by atoms with E-state index in [-0.39, 0.29) is 17.5 Å². The molecule has 2 aromatic rings. The molecule has 1 N–H and O–H groups in total. The van der Waals surface area contributed by atoms with Crippen molar-refractivity contribution in [1.29, 1.82) is 0 Å². The van der Waals surface area contributed by atoms with Crippen LogP contribution in [0.25, 0.3) is 0 Å². The van der Waals surface area contributed by atoms with Gasteiger partial charge in [0.1, 0.15) is 5.69 Å². The molecular formula is C23H32N4O. The van der Waals surface area contributed by atoms with Gasteiger partial charge < -0.3 is 5.32 Å². The molecule has 2 aliphatic rings. The van der Waals surface area contributed by atoms with Gasteiger partial charge in [0.05, 0.1) is 11.6 Å². The lowest BCUT2D eigenvalue weighted by molar-refractivity contribution is 0.0931. The van der Waals surface area contributed by atoms with Crippen LogP contribution in [-0.2, 0) is 5.54 Å². The Bertz CT molecular complexity index is 811. The Labute approximate surface area is 168 Å². The average Bonchev–Trinajstić information content (AvgIpc) is 3.18. The summed E-state index contributed by atoms with van der Waals surface area (Å²) < 4.78 is 2.05. The zero-order chi connectivity index (χ0) is 19.7. The summed E-state index contributed by atoms with van der Waals surface area (Å²) in [6.45, 7) is 9.24. The summed E-state index contributed by atoms with van der Waals surface area (Å²) in [7, 11) is 0. The summed E-state index contributed by atoms with van der Waals surface area (Å²) in [5, 5.41) is 7.85. The first kappa shape index (κ1) is 19.2. The molecule has 150 valence electrons. The van der Waals surface area contributed by atoms with Crippen LogP contribution < -0.4 is 5.32 Å². The van der Waals surface area contributed by atoms with Gasteiger partial charge in [0.15, 0.2) is 0 Å². The van der Waals surface area contributed by atoms with E-state index in [9.17, 15) is 4.79 Å². The highest BCUT2D eigenvalue weighted by molar-refractivity contribution is 5.92. The maximum Gasteiger partial charge on any atom is 0.271 e. The first-order valence-electron chi connectivity index (χ1n) is 10.6. The fourth-order valence-corrected chi connectivity index (χ4v) is 4.18. The van der Waals surface area contributed by atoms with Gasteiger partial charge in [-0.1, -0.05) is 30.3 Å². The molecule has 1 aromatic heterocycles. The van der Waals surface area contributed by atoms with Crippen molar-refractivity contribution < 1.29 is 4.79 Å². The van der Waals surface area contributed by atoms with E-state index in [1.165, 1.54) is 36.9 Å². The lowest BCUT2D eigenvalue weighted by Crippen LogP contribution is -2.37. The van der Waals surface area contributed by atoms with Gasteiger partial charge in [-0.25, -0.2) is 0 Å². The van der Waals surface area contributed by atoms with Crippen LogP contribution in [0.4, 0.5) is 0 Å². The zero-order valence-corrected chi connectivity index (χ0v) is 17.3. The van der Waals surface area contributed by atoms with Crippen LogP contribution in [0.15, 0.2) is 36.4 Å². The number of amides is 1. The highest BCUT2D eigenvalue weighted by atomic mass is 16.2. The number of carbonyl (C=O) groups excluding carboxylic acids is 1. The van der Waals surface area contributed by atoms with Crippen LogP contribution in [0.2, 0.25) is 0 Å². The molecule has 1 atom stereocenters.